The first-order chi connectivity index (χ1) is 16.4. The zero-order chi connectivity index (χ0) is 25.7. The minimum Gasteiger partial charge on any atom is -0.326 e. The van der Waals surface area contributed by atoms with Crippen LogP contribution in [0.3, 0.4) is 0 Å². The van der Waals surface area contributed by atoms with Crippen LogP contribution in [0, 0.1) is 29.2 Å². The van der Waals surface area contributed by atoms with Crippen molar-refractivity contribution >= 4 is 69.6 Å². The van der Waals surface area contributed by atoms with E-state index < -0.39 is 62.5 Å². The van der Waals surface area contributed by atoms with Crippen LogP contribution in [0.15, 0.2) is 48.5 Å². The Kier molecular flexibility index (Phi) is 6.94. The normalized spacial score (nSPS) is 18.2. The van der Waals surface area contributed by atoms with Gasteiger partial charge >= 0.3 is 0 Å². The number of alkyl halides is 2. The van der Waals surface area contributed by atoms with Gasteiger partial charge < -0.3 is 10.6 Å². The number of hydrogen-bond acceptors (Lipinski definition) is 2. The summed E-state index contributed by atoms with van der Waals surface area (Å²) in [5, 5.41) is 4.99. The number of anilines is 2. The molecule has 0 heterocycles. The van der Waals surface area contributed by atoms with Gasteiger partial charge in [-0.1, -0.05) is 23.2 Å². The van der Waals surface area contributed by atoms with Crippen LogP contribution < -0.4 is 10.6 Å². The Labute approximate surface area is 216 Å². The smallest absolute Gasteiger partial charge is 0.258 e. The molecule has 2 amide bonds. The van der Waals surface area contributed by atoms with Crippen molar-refractivity contribution < 1.29 is 27.2 Å². The van der Waals surface area contributed by atoms with Gasteiger partial charge in [-0.05, 0) is 42.0 Å². The Bertz CT molecular complexity index is 1330. The molecule has 182 valence electrons. The molecule has 0 radical (unpaired) electrons. The number of amides is 2. The average Bonchev–Trinajstić information content (AvgIpc) is 3.33. The van der Waals surface area contributed by atoms with Crippen molar-refractivity contribution in [1.29, 1.82) is 0 Å². The Morgan fingerprint density at radius 2 is 1.40 bits per heavy atom. The van der Waals surface area contributed by atoms with Gasteiger partial charge in [0, 0.05) is 33.8 Å². The Hall–Kier alpha value is -2.52. The number of benzene rings is 3. The van der Waals surface area contributed by atoms with E-state index in [4.69, 9.17) is 46.4 Å². The van der Waals surface area contributed by atoms with Crippen LogP contribution in [0.2, 0.25) is 10.0 Å². The Morgan fingerprint density at radius 1 is 0.800 bits per heavy atom. The fourth-order valence-electron chi connectivity index (χ4n) is 3.66. The van der Waals surface area contributed by atoms with Crippen LogP contribution in [-0.4, -0.2) is 16.1 Å². The fourth-order valence-corrected chi connectivity index (χ4v) is 5.03. The van der Waals surface area contributed by atoms with Gasteiger partial charge in [-0.3, -0.25) is 9.59 Å². The van der Waals surface area contributed by atoms with Crippen LogP contribution >= 0.6 is 46.4 Å². The summed E-state index contributed by atoms with van der Waals surface area (Å²) in [6.07, 6.45) is 0. The molecular weight excluding hydrogens is 554 g/mol. The predicted molar refractivity (Wildman–Crippen MR) is 126 cm³/mol. The molecule has 0 unspecified atom stereocenters. The topological polar surface area (TPSA) is 58.2 Å². The van der Waals surface area contributed by atoms with Gasteiger partial charge in [0.15, 0.2) is 11.6 Å². The van der Waals surface area contributed by atoms with E-state index in [1.54, 1.807) is 12.1 Å². The van der Waals surface area contributed by atoms with E-state index >= 15 is 0 Å². The van der Waals surface area contributed by atoms with Gasteiger partial charge in [0.25, 0.3) is 5.91 Å². The third-order valence-electron chi connectivity index (χ3n) is 5.30. The van der Waals surface area contributed by atoms with E-state index in [1.165, 1.54) is 12.1 Å². The lowest BCUT2D eigenvalue weighted by atomic mass is 10.1. The summed E-state index contributed by atoms with van der Waals surface area (Å²) >= 11 is 24.6. The number of carbonyl (C=O) groups is 2. The van der Waals surface area contributed by atoms with Gasteiger partial charge in [-0.2, -0.15) is 0 Å². The second-order valence-electron chi connectivity index (χ2n) is 7.72. The highest BCUT2D eigenvalue weighted by Crippen LogP contribution is 2.65. The third-order valence-corrected chi connectivity index (χ3v) is 6.68. The predicted octanol–water partition coefficient (Wildman–Crippen LogP) is 7.33. The van der Waals surface area contributed by atoms with Crippen molar-refractivity contribution in [2.75, 3.05) is 10.6 Å². The van der Waals surface area contributed by atoms with Gasteiger partial charge in [-0.25, -0.2) is 17.6 Å². The molecule has 35 heavy (non-hydrogen) atoms. The molecule has 1 aliphatic rings. The van der Waals surface area contributed by atoms with Crippen molar-refractivity contribution in [1.82, 2.24) is 0 Å². The van der Waals surface area contributed by atoms with Crippen LogP contribution in [0.5, 0.6) is 0 Å². The molecule has 0 spiro atoms. The molecule has 1 saturated carbocycles. The first kappa shape index (κ1) is 25.6. The van der Waals surface area contributed by atoms with Gasteiger partial charge in [-0.15, -0.1) is 23.2 Å². The monoisotopic (exact) mass is 564 g/mol. The number of hydrogen-bond donors (Lipinski definition) is 2. The summed E-state index contributed by atoms with van der Waals surface area (Å²) in [6.45, 7) is 0. The van der Waals surface area contributed by atoms with Crippen LogP contribution in [0.25, 0.3) is 0 Å². The van der Waals surface area contributed by atoms with Crippen LogP contribution in [0.4, 0.5) is 28.9 Å². The van der Waals surface area contributed by atoms with E-state index in [2.05, 4.69) is 5.32 Å². The summed E-state index contributed by atoms with van der Waals surface area (Å²) in [5.41, 5.74) is -1.07. The number of rotatable bonds is 5. The third kappa shape index (κ3) is 5.21. The molecule has 0 aliphatic heterocycles. The zero-order valence-electron chi connectivity index (χ0n) is 17.1. The fraction of sp³-hybridized carbons (Fsp3) is 0.130. The molecule has 0 saturated heterocycles. The summed E-state index contributed by atoms with van der Waals surface area (Å²) in [7, 11) is 0. The maximum absolute atomic E-state index is 14.3. The van der Waals surface area contributed by atoms with Crippen molar-refractivity contribution in [3.05, 3.63) is 93.0 Å². The Morgan fingerprint density at radius 3 is 2.00 bits per heavy atom. The van der Waals surface area contributed by atoms with Crippen molar-refractivity contribution in [2.45, 2.75) is 10.3 Å². The molecule has 1 aliphatic carbocycles. The molecule has 12 heteroatoms. The summed E-state index contributed by atoms with van der Waals surface area (Å²) in [5.74, 6) is -8.44. The molecule has 0 aromatic heterocycles. The second kappa shape index (κ2) is 9.50. The zero-order valence-corrected chi connectivity index (χ0v) is 20.1. The van der Waals surface area contributed by atoms with E-state index in [-0.39, 0.29) is 5.69 Å². The first-order valence-corrected chi connectivity index (χ1v) is 11.3. The van der Waals surface area contributed by atoms with Crippen LogP contribution in [0.1, 0.15) is 21.8 Å². The minimum absolute atomic E-state index is 0.0134. The highest BCUT2D eigenvalue weighted by molar-refractivity contribution is 6.53. The Balaban J connectivity index is 1.53. The molecule has 3 aromatic carbocycles. The quantitative estimate of drug-likeness (QED) is 0.251. The summed E-state index contributed by atoms with van der Waals surface area (Å²) in [6, 6.07) is 8.35. The van der Waals surface area contributed by atoms with E-state index in [9.17, 15) is 27.2 Å². The van der Waals surface area contributed by atoms with E-state index in [0.29, 0.717) is 27.7 Å². The number of carbonyl (C=O) groups excluding carboxylic acids is 2. The lowest BCUT2D eigenvalue weighted by molar-refractivity contribution is -0.117. The molecule has 2 N–H and O–H groups in total. The molecule has 4 nitrogen and oxygen atoms in total. The number of nitrogens with one attached hydrogen (secondary N) is 2. The SMILES string of the molecule is O=C(Nc1c(F)cc(F)cc1F)c1cc(NC(=O)[C@@H]2[C@@H](c3cc(Cl)cc(Cl)c3)C2(Cl)Cl)ccc1F. The van der Waals surface area contributed by atoms with E-state index in [1.807, 2.05) is 5.32 Å². The molecule has 2 atom stereocenters. The van der Waals surface area contributed by atoms with Crippen molar-refractivity contribution in [2.24, 2.45) is 5.92 Å². The van der Waals surface area contributed by atoms with Crippen molar-refractivity contribution in [3.63, 3.8) is 0 Å². The lowest BCUT2D eigenvalue weighted by Gasteiger charge is -2.11. The second-order valence-corrected chi connectivity index (χ2v) is 10.0. The largest absolute Gasteiger partial charge is 0.326 e. The highest BCUT2D eigenvalue weighted by atomic mass is 35.5. The van der Waals surface area contributed by atoms with Gasteiger partial charge in [0.1, 0.15) is 21.7 Å². The lowest BCUT2D eigenvalue weighted by Crippen LogP contribution is -2.19. The molecular formula is C23H12Cl4F4N2O2. The molecule has 4 rings (SSSR count). The maximum Gasteiger partial charge on any atom is 0.258 e. The molecule has 0 bridgehead atoms. The van der Waals surface area contributed by atoms with Crippen molar-refractivity contribution in [3.8, 4) is 0 Å². The highest BCUT2D eigenvalue weighted by Gasteiger charge is 2.67. The van der Waals surface area contributed by atoms with Gasteiger partial charge in [0.05, 0.1) is 11.5 Å². The maximum atomic E-state index is 14.3. The van der Waals surface area contributed by atoms with Gasteiger partial charge in [0.2, 0.25) is 5.91 Å². The number of halogens is 8. The minimum atomic E-state index is -1.48. The summed E-state index contributed by atoms with van der Waals surface area (Å²) < 4.78 is 53.6. The van der Waals surface area contributed by atoms with Crippen LogP contribution in [-0.2, 0) is 4.79 Å². The molecule has 3 aromatic rings. The molecule has 1 fully saturated rings. The summed E-state index contributed by atoms with van der Waals surface area (Å²) in [4.78, 5) is 25.3. The first-order valence-electron chi connectivity index (χ1n) is 9.78. The average molecular weight is 566 g/mol. The standard InChI is InChI=1S/C23H12Cl4F4N2O2/c24-10-3-9(4-11(25)5-10)18-19(23(18,26)27)22(35)32-13-1-2-15(29)14(8-13)21(34)33-20-16(30)6-12(28)7-17(20)31/h1-8,18-19H,(H,32,35)(H,33,34)/t18-,19+/m1/s1. The van der Waals surface area contributed by atoms with E-state index in [0.717, 1.165) is 12.1 Å².